The summed E-state index contributed by atoms with van der Waals surface area (Å²) in [7, 11) is 0. The molecule has 138 valence electrons. The highest BCUT2D eigenvalue weighted by Gasteiger charge is 2.45. The van der Waals surface area contributed by atoms with Gasteiger partial charge in [-0.05, 0) is 17.0 Å². The lowest BCUT2D eigenvalue weighted by Gasteiger charge is -2.42. The second-order valence-electron chi connectivity index (χ2n) is 7.13. The molecular formula is C23H29NO2. The third kappa shape index (κ3) is 3.60. The minimum atomic E-state index is -0.616. The van der Waals surface area contributed by atoms with Crippen molar-refractivity contribution in [3.8, 4) is 0 Å². The standard InChI is InChI=1S/C23H29NO2/c1-3-22(25)23(20-10-6-4-7-11-20,21-12-8-5-9-13-21)19(2)18-24-14-16-26-17-15-24/h4-13,19H,3,14-18H2,1-2H3/t19-/m0/s1. The number of Topliss-reactive ketones (excluding diaryl/α,β-unsaturated/α-hetero) is 1. The summed E-state index contributed by atoms with van der Waals surface area (Å²) in [5, 5.41) is 0. The van der Waals surface area contributed by atoms with Gasteiger partial charge in [-0.2, -0.15) is 0 Å². The molecule has 3 heteroatoms. The molecular weight excluding hydrogens is 322 g/mol. The van der Waals surface area contributed by atoms with Crippen LogP contribution < -0.4 is 0 Å². The van der Waals surface area contributed by atoms with Crippen LogP contribution in [0.25, 0.3) is 0 Å². The molecule has 0 spiro atoms. The quantitative estimate of drug-likeness (QED) is 0.757. The summed E-state index contributed by atoms with van der Waals surface area (Å²) in [6.07, 6.45) is 0.525. The largest absolute Gasteiger partial charge is 0.379 e. The van der Waals surface area contributed by atoms with Gasteiger partial charge in [0.25, 0.3) is 0 Å². The van der Waals surface area contributed by atoms with E-state index in [1.54, 1.807) is 0 Å². The normalized spacial score (nSPS) is 17.0. The SMILES string of the molecule is CCC(=O)C(c1ccccc1)(c1ccccc1)[C@@H](C)CN1CCOCC1. The van der Waals surface area contributed by atoms with Crippen molar-refractivity contribution in [1.29, 1.82) is 0 Å². The average Bonchev–Trinajstić information content (AvgIpc) is 2.71. The van der Waals surface area contributed by atoms with Crippen LogP contribution in [0.1, 0.15) is 31.4 Å². The van der Waals surface area contributed by atoms with E-state index in [1.807, 2.05) is 43.3 Å². The number of ether oxygens (including phenoxy) is 1. The van der Waals surface area contributed by atoms with E-state index in [9.17, 15) is 4.79 Å². The highest BCUT2D eigenvalue weighted by Crippen LogP contribution is 2.41. The number of carbonyl (C=O) groups excluding carboxylic acids is 1. The first-order chi connectivity index (χ1) is 12.7. The zero-order valence-corrected chi connectivity index (χ0v) is 15.9. The van der Waals surface area contributed by atoms with Crippen molar-refractivity contribution in [2.24, 2.45) is 5.92 Å². The van der Waals surface area contributed by atoms with Gasteiger partial charge in [-0.3, -0.25) is 9.69 Å². The van der Waals surface area contributed by atoms with Crippen LogP contribution in [0.4, 0.5) is 0 Å². The number of ketones is 1. The van der Waals surface area contributed by atoms with Crippen molar-refractivity contribution in [2.75, 3.05) is 32.8 Å². The Hall–Kier alpha value is -1.97. The molecule has 2 aromatic carbocycles. The average molecular weight is 351 g/mol. The Morgan fingerprint density at radius 3 is 1.96 bits per heavy atom. The van der Waals surface area contributed by atoms with Gasteiger partial charge in [-0.15, -0.1) is 0 Å². The van der Waals surface area contributed by atoms with Gasteiger partial charge < -0.3 is 4.74 Å². The van der Waals surface area contributed by atoms with Gasteiger partial charge in [0.05, 0.1) is 18.6 Å². The topological polar surface area (TPSA) is 29.5 Å². The van der Waals surface area contributed by atoms with E-state index in [0.717, 1.165) is 44.0 Å². The van der Waals surface area contributed by atoms with Gasteiger partial charge in [0.2, 0.25) is 0 Å². The zero-order chi connectivity index (χ0) is 18.4. The molecule has 0 aromatic heterocycles. The van der Waals surface area contributed by atoms with Gasteiger partial charge in [0.15, 0.2) is 0 Å². The van der Waals surface area contributed by atoms with Crippen molar-refractivity contribution in [3.05, 3.63) is 71.8 Å². The predicted molar refractivity (Wildman–Crippen MR) is 105 cm³/mol. The fourth-order valence-electron chi connectivity index (χ4n) is 4.32. The molecule has 0 amide bonds. The van der Waals surface area contributed by atoms with E-state index in [4.69, 9.17) is 4.74 Å². The summed E-state index contributed by atoms with van der Waals surface area (Å²) in [4.78, 5) is 15.9. The smallest absolute Gasteiger partial charge is 0.147 e. The molecule has 1 aliphatic rings. The van der Waals surface area contributed by atoms with Crippen molar-refractivity contribution in [1.82, 2.24) is 4.90 Å². The molecule has 0 unspecified atom stereocenters. The van der Waals surface area contributed by atoms with Crippen LogP contribution in [-0.4, -0.2) is 43.5 Å². The van der Waals surface area contributed by atoms with Crippen molar-refractivity contribution in [2.45, 2.75) is 25.7 Å². The highest BCUT2D eigenvalue weighted by atomic mass is 16.5. The van der Waals surface area contributed by atoms with Crippen molar-refractivity contribution in [3.63, 3.8) is 0 Å². The molecule has 0 N–H and O–H groups in total. The van der Waals surface area contributed by atoms with Crippen LogP contribution >= 0.6 is 0 Å². The first kappa shape index (κ1) is 18.8. The van der Waals surface area contributed by atoms with Crippen LogP contribution in [-0.2, 0) is 14.9 Å². The maximum Gasteiger partial charge on any atom is 0.147 e. The molecule has 0 saturated carbocycles. The van der Waals surface area contributed by atoms with E-state index in [2.05, 4.69) is 36.1 Å². The van der Waals surface area contributed by atoms with Gasteiger partial charge in [-0.1, -0.05) is 74.5 Å². The summed E-state index contributed by atoms with van der Waals surface area (Å²) < 4.78 is 5.50. The van der Waals surface area contributed by atoms with Crippen molar-refractivity contribution < 1.29 is 9.53 Å². The molecule has 3 nitrogen and oxygen atoms in total. The number of nitrogens with zero attached hydrogens (tertiary/aromatic N) is 1. The van der Waals surface area contributed by atoms with Crippen LogP contribution in [0.15, 0.2) is 60.7 Å². The minimum Gasteiger partial charge on any atom is -0.379 e. The Morgan fingerprint density at radius 1 is 1.00 bits per heavy atom. The minimum absolute atomic E-state index is 0.165. The maximum absolute atomic E-state index is 13.5. The Labute approximate surface area is 157 Å². The molecule has 1 heterocycles. The van der Waals surface area contributed by atoms with Gasteiger partial charge in [-0.25, -0.2) is 0 Å². The number of benzene rings is 2. The number of hydrogen-bond donors (Lipinski definition) is 0. The number of rotatable bonds is 7. The Bertz CT molecular complexity index is 653. The zero-order valence-electron chi connectivity index (χ0n) is 15.9. The van der Waals surface area contributed by atoms with E-state index < -0.39 is 5.41 Å². The molecule has 1 saturated heterocycles. The van der Waals surface area contributed by atoms with Crippen LogP contribution in [0.3, 0.4) is 0 Å². The fraction of sp³-hybridized carbons (Fsp3) is 0.435. The molecule has 1 atom stereocenters. The summed E-state index contributed by atoms with van der Waals surface area (Å²) in [6.45, 7) is 8.51. The van der Waals surface area contributed by atoms with Crippen molar-refractivity contribution >= 4 is 5.78 Å². The molecule has 2 aromatic rings. The highest BCUT2D eigenvalue weighted by molar-refractivity contribution is 5.94. The lowest BCUT2D eigenvalue weighted by molar-refractivity contribution is -0.125. The fourth-order valence-corrected chi connectivity index (χ4v) is 4.32. The molecule has 0 radical (unpaired) electrons. The summed E-state index contributed by atoms with van der Waals surface area (Å²) in [5.74, 6) is 0.452. The second-order valence-corrected chi connectivity index (χ2v) is 7.13. The Kier molecular flexibility index (Phi) is 6.23. The molecule has 3 rings (SSSR count). The number of morpholine rings is 1. The van der Waals surface area contributed by atoms with Crippen LogP contribution in [0.2, 0.25) is 0 Å². The first-order valence-electron chi connectivity index (χ1n) is 9.64. The monoisotopic (exact) mass is 351 g/mol. The molecule has 1 fully saturated rings. The summed E-state index contributed by atoms with van der Waals surface area (Å²) >= 11 is 0. The Morgan fingerprint density at radius 2 is 1.50 bits per heavy atom. The first-order valence-corrected chi connectivity index (χ1v) is 9.64. The summed E-state index contributed by atoms with van der Waals surface area (Å²) in [6, 6.07) is 20.6. The summed E-state index contributed by atoms with van der Waals surface area (Å²) in [5.41, 5.74) is 1.58. The van der Waals surface area contributed by atoms with Crippen LogP contribution in [0.5, 0.6) is 0 Å². The number of hydrogen-bond acceptors (Lipinski definition) is 3. The van der Waals surface area contributed by atoms with Gasteiger partial charge in [0.1, 0.15) is 5.78 Å². The second kappa shape index (κ2) is 8.61. The lowest BCUT2D eigenvalue weighted by atomic mass is 9.63. The molecule has 1 aliphatic heterocycles. The third-order valence-corrected chi connectivity index (χ3v) is 5.59. The predicted octanol–water partition coefficient (Wildman–Crippen LogP) is 3.92. The van der Waals surface area contributed by atoms with E-state index in [0.29, 0.717) is 6.42 Å². The van der Waals surface area contributed by atoms with Crippen LogP contribution in [0, 0.1) is 5.92 Å². The van der Waals surface area contributed by atoms with Gasteiger partial charge >= 0.3 is 0 Å². The maximum atomic E-state index is 13.5. The van der Waals surface area contributed by atoms with E-state index in [1.165, 1.54) is 0 Å². The Balaban J connectivity index is 2.08. The van der Waals surface area contributed by atoms with E-state index in [-0.39, 0.29) is 11.7 Å². The number of carbonyl (C=O) groups is 1. The van der Waals surface area contributed by atoms with E-state index >= 15 is 0 Å². The molecule has 0 aliphatic carbocycles. The molecule has 26 heavy (non-hydrogen) atoms. The van der Waals surface area contributed by atoms with Gasteiger partial charge in [0, 0.05) is 26.1 Å². The molecule has 0 bridgehead atoms. The third-order valence-electron chi connectivity index (χ3n) is 5.59. The lowest BCUT2D eigenvalue weighted by Crippen LogP contribution is -2.49.